The smallest absolute Gasteiger partial charge is 0.180 e. The fraction of sp³-hybridized carbons (Fsp3) is 0.286. The number of benzene rings is 1. The quantitative estimate of drug-likeness (QED) is 0.352. The number of hydrogen-bond donors (Lipinski definition) is 3. The Morgan fingerprint density at radius 1 is 1.13 bits per heavy atom. The van der Waals surface area contributed by atoms with Gasteiger partial charge in [-0.2, -0.15) is 5.10 Å². The third-order valence-corrected chi connectivity index (χ3v) is 6.28. The molecule has 3 heterocycles. The van der Waals surface area contributed by atoms with Crippen molar-refractivity contribution in [1.29, 1.82) is 0 Å². The molecule has 0 aliphatic heterocycles. The highest BCUT2D eigenvalue weighted by molar-refractivity contribution is 7.83. The van der Waals surface area contributed by atoms with E-state index in [4.69, 9.17) is 0 Å². The molecular weight excluding hydrogens is 412 g/mol. The van der Waals surface area contributed by atoms with E-state index in [-0.39, 0.29) is 0 Å². The standard InChI is InChI=1S/C21H26N8OS/c1-3-28(4-2)11-10-26-31(30)18-7-5-17(6-8-18)27-20-21-22-9-12-29(21)19(15-23-20)16-13-24-25-14-16/h5-9,12-15,26H,3-4,10-11H2,1-2H3,(H,23,27)(H,24,25). The summed E-state index contributed by atoms with van der Waals surface area (Å²) in [5, 5.41) is 10.1. The molecule has 0 saturated carbocycles. The van der Waals surface area contributed by atoms with Crippen LogP contribution in [0.4, 0.5) is 11.5 Å². The Kier molecular flexibility index (Phi) is 6.70. The van der Waals surface area contributed by atoms with Crippen molar-refractivity contribution >= 4 is 28.1 Å². The summed E-state index contributed by atoms with van der Waals surface area (Å²) in [6.07, 6.45) is 8.98. The molecule has 10 heteroatoms. The Morgan fingerprint density at radius 2 is 1.94 bits per heavy atom. The van der Waals surface area contributed by atoms with Gasteiger partial charge in [0.2, 0.25) is 0 Å². The zero-order chi connectivity index (χ0) is 21.6. The fourth-order valence-corrected chi connectivity index (χ4v) is 4.16. The van der Waals surface area contributed by atoms with E-state index in [9.17, 15) is 4.21 Å². The van der Waals surface area contributed by atoms with Crippen molar-refractivity contribution in [3.05, 3.63) is 55.2 Å². The van der Waals surface area contributed by atoms with Gasteiger partial charge in [0.05, 0.1) is 23.0 Å². The van der Waals surface area contributed by atoms with Crippen LogP contribution < -0.4 is 10.0 Å². The van der Waals surface area contributed by atoms with Gasteiger partial charge in [0.1, 0.15) is 11.0 Å². The average molecular weight is 439 g/mol. The molecule has 0 spiro atoms. The molecule has 0 radical (unpaired) electrons. The molecule has 3 N–H and O–H groups in total. The highest BCUT2D eigenvalue weighted by atomic mass is 32.2. The zero-order valence-electron chi connectivity index (χ0n) is 17.6. The van der Waals surface area contributed by atoms with E-state index in [0.717, 1.165) is 41.5 Å². The van der Waals surface area contributed by atoms with Crippen LogP contribution in [0.3, 0.4) is 0 Å². The molecular formula is C21H26N8OS. The molecule has 9 nitrogen and oxygen atoms in total. The molecule has 1 aromatic carbocycles. The van der Waals surface area contributed by atoms with Crippen molar-refractivity contribution in [2.75, 3.05) is 31.5 Å². The van der Waals surface area contributed by atoms with E-state index in [1.54, 1.807) is 18.6 Å². The van der Waals surface area contributed by atoms with Crippen molar-refractivity contribution in [3.63, 3.8) is 0 Å². The van der Waals surface area contributed by atoms with E-state index >= 15 is 0 Å². The van der Waals surface area contributed by atoms with Gasteiger partial charge < -0.3 is 10.2 Å². The van der Waals surface area contributed by atoms with Crippen LogP contribution in [-0.2, 0) is 11.0 Å². The van der Waals surface area contributed by atoms with Gasteiger partial charge in [-0.15, -0.1) is 0 Å². The van der Waals surface area contributed by atoms with Gasteiger partial charge in [-0.05, 0) is 37.4 Å². The topological polar surface area (TPSA) is 103 Å². The number of aromatic nitrogens is 5. The van der Waals surface area contributed by atoms with E-state index in [0.29, 0.717) is 18.0 Å². The van der Waals surface area contributed by atoms with Crippen LogP contribution in [0.2, 0.25) is 0 Å². The number of imidazole rings is 1. The van der Waals surface area contributed by atoms with Crippen LogP contribution in [0.15, 0.2) is 60.1 Å². The number of hydrogen-bond acceptors (Lipinski definition) is 6. The summed E-state index contributed by atoms with van der Waals surface area (Å²) in [5.41, 5.74) is 3.39. The van der Waals surface area contributed by atoms with Gasteiger partial charge in [-0.3, -0.25) is 9.50 Å². The minimum atomic E-state index is -1.24. The number of anilines is 2. The molecule has 1 atom stereocenters. The number of rotatable bonds is 10. The monoisotopic (exact) mass is 438 g/mol. The van der Waals surface area contributed by atoms with Gasteiger partial charge in [-0.25, -0.2) is 18.9 Å². The maximum absolute atomic E-state index is 12.5. The summed E-state index contributed by atoms with van der Waals surface area (Å²) in [4.78, 5) is 12.0. The van der Waals surface area contributed by atoms with Crippen LogP contribution in [-0.4, -0.2) is 59.9 Å². The van der Waals surface area contributed by atoms with Crippen LogP contribution in [0, 0.1) is 0 Å². The second kappa shape index (κ2) is 9.82. The molecule has 31 heavy (non-hydrogen) atoms. The lowest BCUT2D eigenvalue weighted by atomic mass is 10.2. The molecule has 0 bridgehead atoms. The average Bonchev–Trinajstić information content (AvgIpc) is 3.50. The number of nitrogens with one attached hydrogen (secondary N) is 3. The number of nitrogens with zero attached hydrogens (tertiary/aromatic N) is 5. The molecule has 0 aliphatic rings. The lowest BCUT2D eigenvalue weighted by Gasteiger charge is -2.17. The van der Waals surface area contributed by atoms with Gasteiger partial charge in [0, 0.05) is 42.9 Å². The van der Waals surface area contributed by atoms with Crippen molar-refractivity contribution in [2.45, 2.75) is 18.7 Å². The number of aromatic amines is 1. The second-order valence-electron chi connectivity index (χ2n) is 6.94. The van der Waals surface area contributed by atoms with Crippen molar-refractivity contribution in [2.24, 2.45) is 0 Å². The van der Waals surface area contributed by atoms with Gasteiger partial charge in [-0.1, -0.05) is 13.8 Å². The molecule has 0 fully saturated rings. The predicted molar refractivity (Wildman–Crippen MR) is 122 cm³/mol. The Labute approximate surface area is 183 Å². The summed E-state index contributed by atoms with van der Waals surface area (Å²) in [7, 11) is -1.24. The number of H-pyrrole nitrogens is 1. The molecule has 162 valence electrons. The molecule has 4 rings (SSSR count). The largest absolute Gasteiger partial charge is 0.337 e. The second-order valence-corrected chi connectivity index (χ2v) is 8.24. The molecule has 3 aromatic heterocycles. The van der Waals surface area contributed by atoms with Gasteiger partial charge in [0.25, 0.3) is 0 Å². The highest BCUT2D eigenvalue weighted by Crippen LogP contribution is 2.24. The Balaban J connectivity index is 1.44. The maximum atomic E-state index is 12.5. The predicted octanol–water partition coefficient (Wildman–Crippen LogP) is 2.82. The molecule has 4 aromatic rings. The molecule has 1 unspecified atom stereocenters. The minimum absolute atomic E-state index is 0.642. The first-order valence-corrected chi connectivity index (χ1v) is 11.4. The van der Waals surface area contributed by atoms with Crippen molar-refractivity contribution in [3.8, 4) is 11.3 Å². The molecule has 0 aliphatic carbocycles. The summed E-state index contributed by atoms with van der Waals surface area (Å²) in [5.74, 6) is 0.642. The van der Waals surface area contributed by atoms with E-state index in [2.05, 4.69) is 49.0 Å². The third kappa shape index (κ3) is 4.82. The Bertz CT molecular complexity index is 1140. The first-order valence-electron chi connectivity index (χ1n) is 10.3. The first-order chi connectivity index (χ1) is 15.2. The number of fused-ring (bicyclic) bond motifs is 1. The van der Waals surface area contributed by atoms with Crippen LogP contribution in [0.5, 0.6) is 0 Å². The third-order valence-electron chi connectivity index (χ3n) is 5.11. The van der Waals surface area contributed by atoms with Crippen molar-refractivity contribution < 1.29 is 4.21 Å². The maximum Gasteiger partial charge on any atom is 0.180 e. The van der Waals surface area contributed by atoms with Gasteiger partial charge >= 0.3 is 0 Å². The Hall–Kier alpha value is -3.08. The Morgan fingerprint density at radius 3 is 2.65 bits per heavy atom. The lowest BCUT2D eigenvalue weighted by molar-refractivity contribution is 0.309. The summed E-state index contributed by atoms with van der Waals surface area (Å²) in [6.45, 7) is 7.79. The summed E-state index contributed by atoms with van der Waals surface area (Å²) in [6, 6.07) is 7.49. The SMILES string of the molecule is CCN(CC)CCNS(=O)c1ccc(Nc2ncc(-c3cn[nH]c3)n3ccnc23)cc1. The first kappa shape index (κ1) is 21.2. The van der Waals surface area contributed by atoms with Crippen LogP contribution >= 0.6 is 0 Å². The summed E-state index contributed by atoms with van der Waals surface area (Å²) < 4.78 is 17.5. The molecule has 0 amide bonds. The zero-order valence-corrected chi connectivity index (χ0v) is 18.4. The van der Waals surface area contributed by atoms with Crippen LogP contribution in [0.1, 0.15) is 13.8 Å². The van der Waals surface area contributed by atoms with Crippen molar-refractivity contribution in [1.82, 2.24) is 34.2 Å². The molecule has 0 saturated heterocycles. The van der Waals surface area contributed by atoms with E-state index < -0.39 is 11.0 Å². The number of likely N-dealkylation sites (N-methyl/N-ethyl adjacent to an activating group) is 1. The fourth-order valence-electron chi connectivity index (χ4n) is 3.33. The normalized spacial score (nSPS) is 12.5. The lowest BCUT2D eigenvalue weighted by Crippen LogP contribution is -2.32. The summed E-state index contributed by atoms with van der Waals surface area (Å²) >= 11 is 0. The van der Waals surface area contributed by atoms with E-state index in [1.165, 1.54) is 0 Å². The minimum Gasteiger partial charge on any atom is -0.337 e. The van der Waals surface area contributed by atoms with E-state index in [1.807, 2.05) is 41.1 Å². The van der Waals surface area contributed by atoms with Gasteiger partial charge in [0.15, 0.2) is 11.5 Å². The van der Waals surface area contributed by atoms with Crippen LogP contribution in [0.25, 0.3) is 16.9 Å². The highest BCUT2D eigenvalue weighted by Gasteiger charge is 2.11.